The van der Waals surface area contributed by atoms with Gasteiger partial charge in [0.2, 0.25) is 5.78 Å². The molecule has 0 saturated carbocycles. The smallest absolute Gasteiger partial charge is 0.344 e. The number of hydrogen-bond acceptors (Lipinski definition) is 3. The first kappa shape index (κ1) is 13.3. The third kappa shape index (κ3) is 2.27. The Hall–Kier alpha value is -2.68. The summed E-state index contributed by atoms with van der Waals surface area (Å²) in [5, 5.41) is 1.25. The maximum atomic E-state index is 12.5. The van der Waals surface area contributed by atoms with Gasteiger partial charge in [-0.3, -0.25) is 4.79 Å². The zero-order valence-electron chi connectivity index (χ0n) is 11.8. The minimum absolute atomic E-state index is 0.113. The summed E-state index contributed by atoms with van der Waals surface area (Å²) < 4.78 is 5.26. The lowest BCUT2D eigenvalue weighted by Gasteiger charge is -2.07. The van der Waals surface area contributed by atoms with Crippen LogP contribution in [0.15, 0.2) is 57.7 Å². The first-order valence-electron chi connectivity index (χ1n) is 6.72. The number of aryl methyl sites for hydroxylation is 2. The van der Waals surface area contributed by atoms with Crippen molar-refractivity contribution in [2.24, 2.45) is 0 Å². The predicted molar refractivity (Wildman–Crippen MR) is 81.8 cm³/mol. The Morgan fingerprint density at radius 3 is 2.19 bits per heavy atom. The van der Waals surface area contributed by atoms with E-state index in [2.05, 4.69) is 0 Å². The molecular weight excluding hydrogens is 264 g/mol. The van der Waals surface area contributed by atoms with E-state index in [0.717, 1.165) is 10.9 Å². The first-order valence-corrected chi connectivity index (χ1v) is 6.72. The molecule has 0 atom stereocenters. The highest BCUT2D eigenvalue weighted by atomic mass is 16.4. The molecule has 0 aliphatic heterocycles. The van der Waals surface area contributed by atoms with Crippen molar-refractivity contribution in [3.05, 3.63) is 81.4 Å². The number of rotatable bonds is 2. The van der Waals surface area contributed by atoms with Crippen LogP contribution >= 0.6 is 0 Å². The Labute approximate surface area is 121 Å². The Bertz CT molecular complexity index is 886. The molecule has 3 aromatic rings. The van der Waals surface area contributed by atoms with E-state index in [1.54, 1.807) is 31.2 Å². The van der Waals surface area contributed by atoms with Crippen LogP contribution < -0.4 is 5.63 Å². The summed E-state index contributed by atoms with van der Waals surface area (Å²) in [6.45, 7) is 3.75. The van der Waals surface area contributed by atoms with Gasteiger partial charge in [0, 0.05) is 11.1 Å². The molecule has 0 saturated heterocycles. The maximum absolute atomic E-state index is 12.5. The molecule has 21 heavy (non-hydrogen) atoms. The van der Waals surface area contributed by atoms with Crippen molar-refractivity contribution in [2.45, 2.75) is 13.8 Å². The molecule has 1 heterocycles. The van der Waals surface area contributed by atoms with E-state index in [1.165, 1.54) is 0 Å². The van der Waals surface area contributed by atoms with Gasteiger partial charge < -0.3 is 4.42 Å². The third-order valence-electron chi connectivity index (χ3n) is 3.61. The summed E-state index contributed by atoms with van der Waals surface area (Å²) in [4.78, 5) is 24.6. The molecule has 1 aromatic heterocycles. The van der Waals surface area contributed by atoms with Gasteiger partial charge in [-0.05, 0) is 25.3 Å². The minimum atomic E-state index is -0.480. The van der Waals surface area contributed by atoms with E-state index in [4.69, 9.17) is 4.42 Å². The van der Waals surface area contributed by atoms with Crippen molar-refractivity contribution in [2.75, 3.05) is 0 Å². The van der Waals surface area contributed by atoms with Crippen LogP contribution in [0.4, 0.5) is 0 Å². The van der Waals surface area contributed by atoms with Crippen molar-refractivity contribution in [1.82, 2.24) is 0 Å². The van der Waals surface area contributed by atoms with Crippen LogP contribution in [-0.4, -0.2) is 5.78 Å². The molecule has 2 aromatic carbocycles. The summed E-state index contributed by atoms with van der Waals surface area (Å²) in [7, 11) is 0. The maximum Gasteiger partial charge on any atom is 0.344 e. The summed E-state index contributed by atoms with van der Waals surface area (Å²) in [6, 6.07) is 14.4. The molecule has 0 radical (unpaired) electrons. The molecule has 104 valence electrons. The van der Waals surface area contributed by atoms with E-state index in [0.29, 0.717) is 16.5 Å². The van der Waals surface area contributed by atoms with Crippen LogP contribution in [0.3, 0.4) is 0 Å². The molecule has 3 heteroatoms. The quantitative estimate of drug-likeness (QED) is 0.672. The van der Waals surface area contributed by atoms with E-state index in [1.807, 2.05) is 31.2 Å². The summed E-state index contributed by atoms with van der Waals surface area (Å²) in [5.74, 6) is -0.155. The van der Waals surface area contributed by atoms with Crippen molar-refractivity contribution in [3.8, 4) is 0 Å². The normalized spacial score (nSPS) is 10.8. The van der Waals surface area contributed by atoms with Crippen molar-refractivity contribution in [3.63, 3.8) is 0 Å². The van der Waals surface area contributed by atoms with Crippen LogP contribution in [-0.2, 0) is 0 Å². The van der Waals surface area contributed by atoms with E-state index >= 15 is 0 Å². The van der Waals surface area contributed by atoms with Crippen molar-refractivity contribution >= 4 is 16.6 Å². The number of benzene rings is 2. The second-order valence-electron chi connectivity index (χ2n) is 5.08. The average Bonchev–Trinajstić information content (AvgIpc) is 2.51. The zero-order valence-corrected chi connectivity index (χ0v) is 11.8. The van der Waals surface area contributed by atoms with Crippen LogP contribution in [0.2, 0.25) is 0 Å². The number of carbonyl (C=O) groups excluding carboxylic acids is 1. The minimum Gasteiger partial charge on any atom is -0.418 e. The molecule has 3 nitrogen and oxygen atoms in total. The lowest BCUT2D eigenvalue weighted by Crippen LogP contribution is -2.11. The van der Waals surface area contributed by atoms with E-state index < -0.39 is 5.63 Å². The Morgan fingerprint density at radius 2 is 1.52 bits per heavy atom. The van der Waals surface area contributed by atoms with Crippen LogP contribution in [0.1, 0.15) is 27.2 Å². The number of carbonyl (C=O) groups is 1. The summed E-state index contributed by atoms with van der Waals surface area (Å²) in [6.07, 6.45) is 0. The molecule has 0 spiro atoms. The largest absolute Gasteiger partial charge is 0.418 e. The summed E-state index contributed by atoms with van der Waals surface area (Å²) >= 11 is 0. The van der Waals surface area contributed by atoms with Crippen LogP contribution in [0, 0.1) is 13.8 Å². The van der Waals surface area contributed by atoms with Gasteiger partial charge in [-0.25, -0.2) is 4.79 Å². The van der Waals surface area contributed by atoms with Crippen LogP contribution in [0.25, 0.3) is 10.8 Å². The predicted octanol–water partition coefficient (Wildman–Crippen LogP) is 3.64. The third-order valence-corrected chi connectivity index (χ3v) is 3.61. The summed E-state index contributed by atoms with van der Waals surface area (Å²) in [5.41, 5.74) is 1.80. The number of fused-ring (bicyclic) bond motifs is 1. The monoisotopic (exact) mass is 278 g/mol. The van der Waals surface area contributed by atoms with Gasteiger partial charge in [-0.2, -0.15) is 0 Å². The second-order valence-corrected chi connectivity index (χ2v) is 5.08. The lowest BCUT2D eigenvalue weighted by molar-refractivity contribution is 0.100. The number of ketones is 1. The Morgan fingerprint density at radius 1 is 0.905 bits per heavy atom. The molecule has 0 fully saturated rings. The van der Waals surface area contributed by atoms with Crippen molar-refractivity contribution in [1.29, 1.82) is 0 Å². The van der Waals surface area contributed by atoms with E-state index in [-0.39, 0.29) is 11.5 Å². The van der Waals surface area contributed by atoms with Gasteiger partial charge in [0.25, 0.3) is 0 Å². The molecule has 0 aliphatic rings. The second kappa shape index (κ2) is 5.02. The molecule has 3 rings (SSSR count). The highest BCUT2D eigenvalue weighted by Gasteiger charge is 2.18. The van der Waals surface area contributed by atoms with Crippen molar-refractivity contribution < 1.29 is 9.21 Å². The molecular formula is C18H14O3. The van der Waals surface area contributed by atoms with Gasteiger partial charge >= 0.3 is 5.63 Å². The van der Waals surface area contributed by atoms with Gasteiger partial charge in [0.1, 0.15) is 0 Å². The average molecular weight is 278 g/mol. The fraction of sp³-hybridized carbons (Fsp3) is 0.111. The first-order chi connectivity index (χ1) is 10.1. The van der Waals surface area contributed by atoms with Gasteiger partial charge in [0.05, 0.1) is 5.39 Å². The topological polar surface area (TPSA) is 47.3 Å². The number of hydrogen-bond donors (Lipinski definition) is 0. The molecule has 0 bridgehead atoms. The highest BCUT2D eigenvalue weighted by Crippen LogP contribution is 2.21. The fourth-order valence-corrected chi connectivity index (χ4v) is 2.39. The molecule has 0 N–H and O–H groups in total. The Kier molecular flexibility index (Phi) is 3.18. The van der Waals surface area contributed by atoms with E-state index in [9.17, 15) is 9.59 Å². The van der Waals surface area contributed by atoms with Gasteiger partial charge in [0.15, 0.2) is 5.76 Å². The highest BCUT2D eigenvalue weighted by molar-refractivity contribution is 6.09. The molecule has 0 unspecified atom stereocenters. The fourth-order valence-electron chi connectivity index (χ4n) is 2.39. The molecule has 0 aliphatic carbocycles. The lowest BCUT2D eigenvalue weighted by atomic mass is 10.0. The van der Waals surface area contributed by atoms with Gasteiger partial charge in [-0.15, -0.1) is 0 Å². The zero-order chi connectivity index (χ0) is 15.0. The Balaban J connectivity index is 2.21. The van der Waals surface area contributed by atoms with Gasteiger partial charge in [-0.1, -0.05) is 48.0 Å². The SMILES string of the molecule is Cc1ccc(C(=O)c2oc(=O)c3ccccc3c2C)cc1. The van der Waals surface area contributed by atoms with Crippen LogP contribution in [0.5, 0.6) is 0 Å². The molecule has 0 amide bonds. The standard InChI is InChI=1S/C18H14O3/c1-11-7-9-13(10-8-11)16(19)17-12(2)14-5-3-4-6-15(14)18(20)21-17/h3-10H,1-2H3.